The van der Waals surface area contributed by atoms with Gasteiger partial charge in [0.05, 0.1) is 18.3 Å². The van der Waals surface area contributed by atoms with Crippen molar-refractivity contribution >= 4 is 5.69 Å². The average molecular weight is 427 g/mol. The fraction of sp³-hybridized carbons (Fsp3) is 0.739. The number of halogens is 3. The van der Waals surface area contributed by atoms with Gasteiger partial charge in [0.25, 0.3) is 0 Å². The number of β-amino-alcohol motifs (C(OH)–C–C–N with tert-alkyl or cyclic N) is 1. The lowest BCUT2D eigenvalue weighted by atomic mass is 9.87. The molecule has 30 heavy (non-hydrogen) atoms. The zero-order valence-electron chi connectivity index (χ0n) is 17.5. The molecule has 4 rings (SSSR count). The molecule has 1 aromatic rings. The number of hydrogen-bond donors (Lipinski definition) is 1. The van der Waals surface area contributed by atoms with Gasteiger partial charge in [-0.2, -0.15) is 13.2 Å². The molecule has 4 nitrogen and oxygen atoms in total. The first-order valence-corrected chi connectivity index (χ1v) is 11.3. The number of fused-ring (bicyclic) bond motifs is 2. The van der Waals surface area contributed by atoms with Crippen LogP contribution >= 0.6 is 0 Å². The summed E-state index contributed by atoms with van der Waals surface area (Å²) < 4.78 is 44.5. The van der Waals surface area contributed by atoms with E-state index in [9.17, 15) is 18.3 Å². The fourth-order valence-electron chi connectivity index (χ4n) is 5.60. The van der Waals surface area contributed by atoms with Crippen LogP contribution in [0, 0.1) is 17.8 Å². The monoisotopic (exact) mass is 426 g/mol. The van der Waals surface area contributed by atoms with Crippen LogP contribution in [0.25, 0.3) is 0 Å². The second-order valence-corrected chi connectivity index (χ2v) is 9.29. The molecule has 3 fully saturated rings. The lowest BCUT2D eigenvalue weighted by Gasteiger charge is -2.37. The lowest BCUT2D eigenvalue weighted by molar-refractivity contribution is -0.137. The molecule has 2 aliphatic carbocycles. The number of aliphatic hydroxyl groups is 1. The Hall–Kier alpha value is -1.31. The van der Waals surface area contributed by atoms with Crippen LogP contribution in [0.15, 0.2) is 24.3 Å². The van der Waals surface area contributed by atoms with E-state index in [1.54, 1.807) is 6.07 Å². The third-order valence-corrected chi connectivity index (χ3v) is 7.21. The van der Waals surface area contributed by atoms with Gasteiger partial charge >= 0.3 is 6.18 Å². The van der Waals surface area contributed by atoms with Crippen LogP contribution in [0.3, 0.4) is 0 Å². The van der Waals surface area contributed by atoms with Crippen molar-refractivity contribution in [2.24, 2.45) is 17.8 Å². The van der Waals surface area contributed by atoms with E-state index in [0.717, 1.165) is 49.9 Å². The number of hydrogen-bond acceptors (Lipinski definition) is 4. The second-order valence-electron chi connectivity index (χ2n) is 9.29. The summed E-state index contributed by atoms with van der Waals surface area (Å²) in [5, 5.41) is 10.3. The van der Waals surface area contributed by atoms with Crippen LogP contribution in [0.4, 0.5) is 18.9 Å². The molecule has 1 saturated heterocycles. The highest BCUT2D eigenvalue weighted by atomic mass is 19.4. The molecule has 0 unspecified atom stereocenters. The topological polar surface area (TPSA) is 35.9 Å². The zero-order valence-corrected chi connectivity index (χ0v) is 17.5. The van der Waals surface area contributed by atoms with Crippen LogP contribution in [0.1, 0.15) is 37.7 Å². The van der Waals surface area contributed by atoms with Crippen molar-refractivity contribution in [1.82, 2.24) is 4.90 Å². The Morgan fingerprint density at radius 2 is 1.90 bits per heavy atom. The third-order valence-electron chi connectivity index (χ3n) is 7.21. The van der Waals surface area contributed by atoms with E-state index in [1.807, 2.05) is 4.90 Å². The summed E-state index contributed by atoms with van der Waals surface area (Å²) in [6.07, 6.45) is 1.87. The largest absolute Gasteiger partial charge is 0.416 e. The number of aliphatic hydroxyl groups excluding tert-OH is 1. The van der Waals surface area contributed by atoms with E-state index in [-0.39, 0.29) is 0 Å². The van der Waals surface area contributed by atoms with Gasteiger partial charge in [-0.15, -0.1) is 0 Å². The maximum atomic E-state index is 12.9. The highest BCUT2D eigenvalue weighted by molar-refractivity contribution is 5.49. The molecule has 0 amide bonds. The molecule has 3 aliphatic rings. The number of ether oxygens (including phenoxy) is 1. The van der Waals surface area contributed by atoms with Crippen LogP contribution in [-0.2, 0) is 10.9 Å². The minimum absolute atomic E-state index is 0.356. The van der Waals surface area contributed by atoms with Gasteiger partial charge in [0, 0.05) is 45.0 Å². The summed E-state index contributed by atoms with van der Waals surface area (Å²) in [6.45, 7) is 4.38. The minimum Gasteiger partial charge on any atom is -0.389 e. The molecule has 7 heteroatoms. The Morgan fingerprint density at radius 1 is 1.10 bits per heavy atom. The van der Waals surface area contributed by atoms with Crippen molar-refractivity contribution in [3.8, 4) is 0 Å². The van der Waals surface area contributed by atoms with E-state index in [2.05, 4.69) is 4.90 Å². The number of alkyl halides is 3. The first-order valence-electron chi connectivity index (χ1n) is 11.3. The highest BCUT2D eigenvalue weighted by Gasteiger charge is 2.38. The Kier molecular flexibility index (Phi) is 6.90. The SMILES string of the molecule is O[C@@H](COCC[C@@H]1C[C@H]2CC[C@H]1C2)CN1CCN(c2cccc(C(F)(F)F)c2)CC1. The molecule has 1 heterocycles. The fourth-order valence-corrected chi connectivity index (χ4v) is 5.60. The Bertz CT molecular complexity index is 691. The van der Waals surface area contributed by atoms with Crippen molar-refractivity contribution in [2.45, 2.75) is 44.4 Å². The van der Waals surface area contributed by atoms with Gasteiger partial charge in [-0.1, -0.05) is 12.5 Å². The van der Waals surface area contributed by atoms with Gasteiger partial charge in [-0.05, 0) is 61.6 Å². The Labute approximate surface area is 177 Å². The van der Waals surface area contributed by atoms with Gasteiger partial charge in [0.15, 0.2) is 0 Å². The molecule has 1 N–H and O–H groups in total. The molecule has 2 bridgehead atoms. The molecule has 168 valence electrons. The highest BCUT2D eigenvalue weighted by Crippen LogP contribution is 2.49. The van der Waals surface area contributed by atoms with E-state index in [0.29, 0.717) is 31.9 Å². The molecule has 2 saturated carbocycles. The molecule has 0 radical (unpaired) electrons. The Balaban J connectivity index is 1.13. The summed E-state index contributed by atoms with van der Waals surface area (Å²) >= 11 is 0. The van der Waals surface area contributed by atoms with Crippen molar-refractivity contribution in [3.05, 3.63) is 29.8 Å². The molecular weight excluding hydrogens is 393 g/mol. The zero-order chi connectivity index (χ0) is 21.1. The van der Waals surface area contributed by atoms with Gasteiger partial charge in [0.1, 0.15) is 0 Å². The van der Waals surface area contributed by atoms with Crippen LogP contribution in [0.5, 0.6) is 0 Å². The van der Waals surface area contributed by atoms with E-state index < -0.39 is 17.8 Å². The van der Waals surface area contributed by atoms with Gasteiger partial charge in [0.2, 0.25) is 0 Å². The van der Waals surface area contributed by atoms with Crippen molar-refractivity contribution in [2.75, 3.05) is 50.8 Å². The Morgan fingerprint density at radius 3 is 2.57 bits per heavy atom. The van der Waals surface area contributed by atoms with Crippen molar-refractivity contribution in [3.63, 3.8) is 0 Å². The number of anilines is 1. The second kappa shape index (κ2) is 9.45. The average Bonchev–Trinajstić information content (AvgIpc) is 3.35. The number of rotatable bonds is 8. The van der Waals surface area contributed by atoms with Crippen LogP contribution in [0.2, 0.25) is 0 Å². The molecule has 4 atom stereocenters. The quantitative estimate of drug-likeness (QED) is 0.637. The number of nitrogens with zero attached hydrogens (tertiary/aromatic N) is 2. The van der Waals surface area contributed by atoms with E-state index in [4.69, 9.17) is 4.74 Å². The normalized spacial score (nSPS) is 28.3. The standard InChI is InChI=1S/C23H33F3N2O2/c24-23(25,26)20-2-1-3-21(14-20)28-9-7-27(8-10-28)15-22(29)16-30-11-6-19-13-17-4-5-18(19)12-17/h1-3,14,17-19,22,29H,4-13,15-16H2/t17-,18-,19+,22+/m0/s1. The smallest absolute Gasteiger partial charge is 0.389 e. The van der Waals surface area contributed by atoms with E-state index in [1.165, 1.54) is 37.8 Å². The summed E-state index contributed by atoms with van der Waals surface area (Å²) in [6, 6.07) is 5.51. The molecule has 0 aromatic heterocycles. The summed E-state index contributed by atoms with van der Waals surface area (Å²) in [5.41, 5.74) is -0.00518. The first-order chi connectivity index (χ1) is 14.4. The molecule has 0 spiro atoms. The number of benzene rings is 1. The molecule has 1 aliphatic heterocycles. The van der Waals surface area contributed by atoms with Crippen LogP contribution in [-0.4, -0.2) is 62.0 Å². The lowest BCUT2D eigenvalue weighted by Crippen LogP contribution is -2.49. The number of piperazine rings is 1. The summed E-state index contributed by atoms with van der Waals surface area (Å²) in [7, 11) is 0. The maximum absolute atomic E-state index is 12.9. The van der Waals surface area contributed by atoms with Gasteiger partial charge < -0.3 is 14.7 Å². The van der Waals surface area contributed by atoms with Crippen LogP contribution < -0.4 is 4.90 Å². The van der Waals surface area contributed by atoms with Gasteiger partial charge in [-0.3, -0.25) is 4.90 Å². The van der Waals surface area contributed by atoms with Crippen molar-refractivity contribution in [1.29, 1.82) is 0 Å². The predicted octanol–water partition coefficient (Wildman–Crippen LogP) is 4.03. The first kappa shape index (κ1) is 21.9. The third kappa shape index (κ3) is 5.48. The van der Waals surface area contributed by atoms with Crippen molar-refractivity contribution < 1.29 is 23.0 Å². The molecule has 1 aromatic carbocycles. The summed E-state index contributed by atoms with van der Waals surface area (Å²) in [5.74, 6) is 2.70. The van der Waals surface area contributed by atoms with E-state index >= 15 is 0 Å². The maximum Gasteiger partial charge on any atom is 0.416 e. The minimum atomic E-state index is -4.32. The van der Waals surface area contributed by atoms with Gasteiger partial charge in [-0.25, -0.2) is 0 Å². The predicted molar refractivity (Wildman–Crippen MR) is 110 cm³/mol. The summed E-state index contributed by atoms with van der Waals surface area (Å²) in [4.78, 5) is 4.14. The molecular formula is C23H33F3N2O2.